The summed E-state index contributed by atoms with van der Waals surface area (Å²) in [6.45, 7) is 3.13. The Morgan fingerprint density at radius 2 is 2.42 bits per heavy atom. The van der Waals surface area contributed by atoms with Crippen LogP contribution in [0.15, 0.2) is 34.2 Å². The molecule has 3 rings (SSSR count). The van der Waals surface area contributed by atoms with Crippen LogP contribution in [0.5, 0.6) is 0 Å². The molecule has 0 aliphatic carbocycles. The van der Waals surface area contributed by atoms with Crippen LogP contribution in [-0.2, 0) is 11.3 Å². The van der Waals surface area contributed by atoms with Crippen molar-refractivity contribution in [1.29, 1.82) is 0 Å². The highest BCUT2D eigenvalue weighted by molar-refractivity contribution is 7.99. The van der Waals surface area contributed by atoms with Crippen molar-refractivity contribution in [1.82, 2.24) is 14.8 Å². The summed E-state index contributed by atoms with van der Waals surface area (Å²) in [7, 11) is 0. The van der Waals surface area contributed by atoms with Gasteiger partial charge in [0.1, 0.15) is 0 Å². The number of nitro groups is 1. The van der Waals surface area contributed by atoms with Gasteiger partial charge in [-0.15, -0.1) is 5.10 Å². The second kappa shape index (κ2) is 7.18. The fraction of sp³-hybridized carbons (Fsp3) is 0.467. The minimum atomic E-state index is -0.414. The molecule has 1 aromatic carbocycles. The van der Waals surface area contributed by atoms with E-state index < -0.39 is 4.92 Å². The lowest BCUT2D eigenvalue weighted by molar-refractivity contribution is -0.384. The maximum atomic E-state index is 12.0. The van der Waals surface area contributed by atoms with Gasteiger partial charge in [-0.3, -0.25) is 14.7 Å². The number of rotatable bonds is 6. The van der Waals surface area contributed by atoms with Crippen LogP contribution < -0.4 is 5.69 Å². The van der Waals surface area contributed by atoms with Crippen molar-refractivity contribution >= 4 is 17.4 Å². The summed E-state index contributed by atoms with van der Waals surface area (Å²) in [6.07, 6.45) is 1.97. The molecule has 1 saturated heterocycles. The third-order valence-corrected chi connectivity index (χ3v) is 5.11. The summed E-state index contributed by atoms with van der Waals surface area (Å²) in [5.41, 5.74) is 0.603. The maximum Gasteiger partial charge on any atom is 0.344 e. The Bertz CT molecular complexity index is 782. The van der Waals surface area contributed by atoms with E-state index in [2.05, 4.69) is 10.2 Å². The van der Waals surface area contributed by atoms with Crippen molar-refractivity contribution in [2.24, 2.45) is 0 Å². The molecule has 1 aliphatic heterocycles. The SMILES string of the molecule is CC(Sc1n[nH]c(=O)n1CC1CCCO1)c1cccc([N+](=O)[O-])c1. The lowest BCUT2D eigenvalue weighted by Gasteiger charge is -2.14. The molecule has 0 bridgehead atoms. The highest BCUT2D eigenvalue weighted by atomic mass is 32.2. The van der Waals surface area contributed by atoms with Crippen LogP contribution in [0, 0.1) is 10.1 Å². The van der Waals surface area contributed by atoms with E-state index in [0.717, 1.165) is 25.0 Å². The number of nitrogens with zero attached hydrogens (tertiary/aromatic N) is 3. The molecule has 0 saturated carbocycles. The summed E-state index contributed by atoms with van der Waals surface area (Å²) in [5.74, 6) is 0. The Hall–Kier alpha value is -2.13. The third-order valence-electron chi connectivity index (χ3n) is 3.97. The van der Waals surface area contributed by atoms with Crippen molar-refractivity contribution in [3.63, 3.8) is 0 Å². The number of aromatic nitrogens is 3. The molecule has 2 heterocycles. The van der Waals surface area contributed by atoms with E-state index in [1.807, 2.05) is 13.0 Å². The molecule has 1 aliphatic rings. The fourth-order valence-electron chi connectivity index (χ4n) is 2.66. The summed E-state index contributed by atoms with van der Waals surface area (Å²) in [4.78, 5) is 22.5. The number of benzene rings is 1. The van der Waals surface area contributed by atoms with Crippen LogP contribution in [0.1, 0.15) is 30.6 Å². The normalized spacial score (nSPS) is 18.6. The van der Waals surface area contributed by atoms with Crippen molar-refractivity contribution in [2.45, 2.75) is 42.8 Å². The van der Waals surface area contributed by atoms with Crippen LogP contribution in [0.25, 0.3) is 0 Å². The second-order valence-electron chi connectivity index (χ2n) is 5.67. The number of nitrogens with one attached hydrogen (secondary N) is 1. The van der Waals surface area contributed by atoms with Gasteiger partial charge in [-0.25, -0.2) is 9.89 Å². The number of thioether (sulfide) groups is 1. The fourth-order valence-corrected chi connectivity index (χ4v) is 3.65. The Morgan fingerprint density at radius 3 is 3.12 bits per heavy atom. The molecular weight excluding hydrogens is 332 g/mol. The molecule has 2 unspecified atom stereocenters. The summed E-state index contributed by atoms with van der Waals surface area (Å²) in [6, 6.07) is 6.50. The molecule has 0 amide bonds. The van der Waals surface area contributed by atoms with E-state index in [9.17, 15) is 14.9 Å². The Kier molecular flexibility index (Phi) is 5.00. The monoisotopic (exact) mass is 350 g/mol. The van der Waals surface area contributed by atoms with Gasteiger partial charge in [0.2, 0.25) is 0 Å². The smallest absolute Gasteiger partial charge is 0.344 e. The van der Waals surface area contributed by atoms with E-state index >= 15 is 0 Å². The van der Waals surface area contributed by atoms with E-state index in [0.29, 0.717) is 11.7 Å². The number of ether oxygens (including phenoxy) is 1. The maximum absolute atomic E-state index is 12.0. The van der Waals surface area contributed by atoms with Gasteiger partial charge in [0.05, 0.1) is 17.6 Å². The van der Waals surface area contributed by atoms with Gasteiger partial charge in [-0.1, -0.05) is 23.9 Å². The molecule has 24 heavy (non-hydrogen) atoms. The van der Waals surface area contributed by atoms with Crippen LogP contribution in [-0.4, -0.2) is 32.4 Å². The molecule has 8 nitrogen and oxygen atoms in total. The average molecular weight is 350 g/mol. The van der Waals surface area contributed by atoms with Gasteiger partial charge in [0, 0.05) is 24.0 Å². The first-order valence-electron chi connectivity index (χ1n) is 7.72. The largest absolute Gasteiger partial charge is 0.376 e. The highest BCUT2D eigenvalue weighted by Crippen LogP contribution is 2.34. The zero-order chi connectivity index (χ0) is 17.1. The van der Waals surface area contributed by atoms with Gasteiger partial charge in [0.25, 0.3) is 5.69 Å². The molecule has 128 valence electrons. The summed E-state index contributed by atoms with van der Waals surface area (Å²) in [5, 5.41) is 17.9. The number of H-pyrrole nitrogens is 1. The second-order valence-corrected chi connectivity index (χ2v) is 6.98. The van der Waals surface area contributed by atoms with E-state index in [-0.39, 0.29) is 22.7 Å². The average Bonchev–Trinajstić information content (AvgIpc) is 3.20. The molecular formula is C15H18N4O4S. The Balaban J connectivity index is 1.77. The van der Waals surface area contributed by atoms with Gasteiger partial charge < -0.3 is 4.74 Å². The van der Waals surface area contributed by atoms with Crippen LogP contribution in [0.3, 0.4) is 0 Å². The standard InChI is InChI=1S/C15H18N4O4S/c1-10(11-4-2-5-12(8-11)19(21)22)24-15-17-16-14(20)18(15)9-13-6-3-7-23-13/h2,4-5,8,10,13H,3,6-7,9H2,1H3,(H,16,20). The quantitative estimate of drug-likeness (QED) is 0.488. The van der Waals surface area contributed by atoms with Crippen molar-refractivity contribution < 1.29 is 9.66 Å². The first-order chi connectivity index (χ1) is 11.5. The van der Waals surface area contributed by atoms with E-state index in [1.165, 1.54) is 17.8 Å². The molecule has 0 radical (unpaired) electrons. The molecule has 1 N–H and O–H groups in total. The van der Waals surface area contributed by atoms with Crippen LogP contribution in [0.4, 0.5) is 5.69 Å². The first kappa shape index (κ1) is 16.7. The number of hydrogen-bond donors (Lipinski definition) is 1. The topological polar surface area (TPSA) is 103 Å². The molecule has 2 aromatic rings. The predicted octanol–water partition coefficient (Wildman–Crippen LogP) is 2.51. The van der Waals surface area contributed by atoms with Crippen molar-refractivity contribution in [3.8, 4) is 0 Å². The molecule has 1 fully saturated rings. The Morgan fingerprint density at radius 1 is 1.58 bits per heavy atom. The molecule has 1 aromatic heterocycles. The highest BCUT2D eigenvalue weighted by Gasteiger charge is 2.21. The zero-order valence-corrected chi connectivity index (χ0v) is 14.0. The molecule has 0 spiro atoms. The van der Waals surface area contributed by atoms with E-state index in [1.54, 1.807) is 16.7 Å². The first-order valence-corrected chi connectivity index (χ1v) is 8.60. The number of non-ortho nitro benzene ring substituents is 1. The van der Waals surface area contributed by atoms with Crippen LogP contribution >= 0.6 is 11.8 Å². The third kappa shape index (κ3) is 3.68. The minimum absolute atomic E-state index is 0.0350. The minimum Gasteiger partial charge on any atom is -0.376 e. The van der Waals surface area contributed by atoms with Gasteiger partial charge in [-0.05, 0) is 25.3 Å². The lowest BCUT2D eigenvalue weighted by atomic mass is 10.1. The van der Waals surface area contributed by atoms with Gasteiger partial charge in [0.15, 0.2) is 5.16 Å². The van der Waals surface area contributed by atoms with Crippen LogP contribution in [0.2, 0.25) is 0 Å². The lowest BCUT2D eigenvalue weighted by Crippen LogP contribution is -2.25. The summed E-state index contributed by atoms with van der Waals surface area (Å²) < 4.78 is 7.16. The molecule has 9 heteroatoms. The Labute approximate surface area is 142 Å². The number of aromatic amines is 1. The summed E-state index contributed by atoms with van der Waals surface area (Å²) >= 11 is 1.39. The predicted molar refractivity (Wildman–Crippen MR) is 89.2 cm³/mol. The zero-order valence-electron chi connectivity index (χ0n) is 13.2. The van der Waals surface area contributed by atoms with Crippen molar-refractivity contribution in [2.75, 3.05) is 6.61 Å². The number of hydrogen-bond acceptors (Lipinski definition) is 6. The number of nitro benzene ring substituents is 1. The van der Waals surface area contributed by atoms with Gasteiger partial charge >= 0.3 is 5.69 Å². The van der Waals surface area contributed by atoms with Gasteiger partial charge in [-0.2, -0.15) is 0 Å². The molecule has 2 atom stereocenters. The van der Waals surface area contributed by atoms with Crippen molar-refractivity contribution in [3.05, 3.63) is 50.4 Å². The van der Waals surface area contributed by atoms with E-state index in [4.69, 9.17) is 4.74 Å².